The SMILES string of the molecule is Cc1nc(C(C)(CN)CNC(=O)OC(C)(C)C)cs1. The average molecular weight is 285 g/mol. The number of hydrogen-bond donors (Lipinski definition) is 2. The maximum atomic E-state index is 11.7. The van der Waals surface area contributed by atoms with Crippen molar-refractivity contribution in [3.63, 3.8) is 0 Å². The van der Waals surface area contributed by atoms with Crippen LogP contribution in [0, 0.1) is 6.92 Å². The summed E-state index contributed by atoms with van der Waals surface area (Å²) in [6, 6.07) is 0. The van der Waals surface area contributed by atoms with E-state index in [0.29, 0.717) is 13.1 Å². The molecule has 1 aromatic rings. The summed E-state index contributed by atoms with van der Waals surface area (Å²) in [5, 5.41) is 5.74. The summed E-state index contributed by atoms with van der Waals surface area (Å²) in [6.07, 6.45) is -0.431. The van der Waals surface area contributed by atoms with Crippen LogP contribution in [-0.2, 0) is 10.2 Å². The van der Waals surface area contributed by atoms with Gasteiger partial charge in [0.05, 0.1) is 10.7 Å². The lowest BCUT2D eigenvalue weighted by Crippen LogP contribution is -2.45. The zero-order valence-corrected chi connectivity index (χ0v) is 13.1. The van der Waals surface area contributed by atoms with Gasteiger partial charge in [-0.3, -0.25) is 0 Å². The topological polar surface area (TPSA) is 77.2 Å². The Morgan fingerprint density at radius 3 is 2.53 bits per heavy atom. The van der Waals surface area contributed by atoms with Crippen LogP contribution in [0.2, 0.25) is 0 Å². The second-order valence-corrected chi connectivity index (χ2v) is 6.93. The van der Waals surface area contributed by atoms with Crippen LogP contribution >= 0.6 is 11.3 Å². The lowest BCUT2D eigenvalue weighted by Gasteiger charge is -2.27. The third kappa shape index (κ3) is 4.80. The van der Waals surface area contributed by atoms with E-state index in [0.717, 1.165) is 10.7 Å². The van der Waals surface area contributed by atoms with Crippen LogP contribution in [0.5, 0.6) is 0 Å². The fourth-order valence-corrected chi connectivity index (χ4v) is 2.26. The summed E-state index contributed by atoms with van der Waals surface area (Å²) in [6.45, 7) is 10.2. The average Bonchev–Trinajstić information content (AvgIpc) is 2.71. The number of nitrogens with one attached hydrogen (secondary N) is 1. The quantitative estimate of drug-likeness (QED) is 0.889. The smallest absolute Gasteiger partial charge is 0.407 e. The van der Waals surface area contributed by atoms with Crippen LogP contribution < -0.4 is 11.1 Å². The highest BCUT2D eigenvalue weighted by Crippen LogP contribution is 2.23. The van der Waals surface area contributed by atoms with Crippen molar-refractivity contribution in [2.75, 3.05) is 13.1 Å². The summed E-state index contributed by atoms with van der Waals surface area (Å²) in [5.74, 6) is 0. The number of nitrogens with two attached hydrogens (primary N) is 1. The van der Waals surface area contributed by atoms with E-state index >= 15 is 0 Å². The van der Waals surface area contributed by atoms with Crippen molar-refractivity contribution in [3.05, 3.63) is 16.1 Å². The van der Waals surface area contributed by atoms with Gasteiger partial charge in [0.1, 0.15) is 5.60 Å². The van der Waals surface area contributed by atoms with Crippen molar-refractivity contribution in [2.24, 2.45) is 5.73 Å². The van der Waals surface area contributed by atoms with Crippen LogP contribution in [0.25, 0.3) is 0 Å². The number of hydrogen-bond acceptors (Lipinski definition) is 5. The molecule has 0 fully saturated rings. The molecule has 0 radical (unpaired) electrons. The second-order valence-electron chi connectivity index (χ2n) is 5.87. The first kappa shape index (κ1) is 15.9. The number of nitrogens with zero attached hydrogens (tertiary/aromatic N) is 1. The number of ether oxygens (including phenoxy) is 1. The number of amides is 1. The molecule has 1 rings (SSSR count). The molecule has 0 aliphatic carbocycles. The Balaban J connectivity index is 2.65. The Hall–Kier alpha value is -1.14. The molecule has 0 aliphatic heterocycles. The summed E-state index contributed by atoms with van der Waals surface area (Å²) < 4.78 is 5.21. The lowest BCUT2D eigenvalue weighted by atomic mass is 9.87. The summed E-state index contributed by atoms with van der Waals surface area (Å²) in [7, 11) is 0. The molecule has 5 nitrogen and oxygen atoms in total. The molecule has 1 atom stereocenters. The van der Waals surface area contributed by atoms with Crippen LogP contribution in [0.3, 0.4) is 0 Å². The minimum atomic E-state index is -0.500. The molecule has 108 valence electrons. The van der Waals surface area contributed by atoms with E-state index in [1.165, 1.54) is 0 Å². The first-order chi connectivity index (χ1) is 8.66. The largest absolute Gasteiger partial charge is 0.444 e. The molecule has 3 N–H and O–H groups in total. The van der Waals surface area contributed by atoms with Gasteiger partial charge < -0.3 is 15.8 Å². The van der Waals surface area contributed by atoms with E-state index in [2.05, 4.69) is 10.3 Å². The van der Waals surface area contributed by atoms with E-state index in [9.17, 15) is 4.79 Å². The summed E-state index contributed by atoms with van der Waals surface area (Å²) in [5.41, 5.74) is 5.87. The molecule has 0 aliphatic rings. The minimum Gasteiger partial charge on any atom is -0.444 e. The molecule has 0 saturated carbocycles. The van der Waals surface area contributed by atoms with Crippen molar-refractivity contribution >= 4 is 17.4 Å². The van der Waals surface area contributed by atoms with E-state index in [4.69, 9.17) is 10.5 Å². The predicted octanol–water partition coefficient (Wildman–Crippen LogP) is 2.19. The van der Waals surface area contributed by atoms with E-state index < -0.39 is 11.7 Å². The standard InChI is InChI=1S/C13H23N3O2S/c1-9-16-10(6-19-9)13(5,7-14)8-15-11(17)18-12(2,3)4/h6H,7-8,14H2,1-5H3,(H,15,17). The zero-order chi connectivity index (χ0) is 14.7. The maximum absolute atomic E-state index is 11.7. The molecule has 0 spiro atoms. The second kappa shape index (κ2) is 5.88. The van der Waals surface area contributed by atoms with Gasteiger partial charge in [0, 0.05) is 23.9 Å². The number of aromatic nitrogens is 1. The summed E-state index contributed by atoms with van der Waals surface area (Å²) in [4.78, 5) is 16.1. The molecule has 19 heavy (non-hydrogen) atoms. The molecule has 0 bridgehead atoms. The van der Waals surface area contributed by atoms with E-state index in [-0.39, 0.29) is 5.41 Å². The minimum absolute atomic E-state index is 0.373. The van der Waals surface area contributed by atoms with Gasteiger partial charge in [-0.1, -0.05) is 6.92 Å². The summed E-state index contributed by atoms with van der Waals surface area (Å²) >= 11 is 1.58. The number of carbonyl (C=O) groups is 1. The van der Waals surface area contributed by atoms with Gasteiger partial charge in [0.25, 0.3) is 0 Å². The highest BCUT2D eigenvalue weighted by molar-refractivity contribution is 7.09. The monoisotopic (exact) mass is 285 g/mol. The number of rotatable bonds is 4. The van der Waals surface area contributed by atoms with Crippen LogP contribution in [0.15, 0.2) is 5.38 Å². The Morgan fingerprint density at radius 2 is 2.11 bits per heavy atom. The molecule has 1 aromatic heterocycles. The maximum Gasteiger partial charge on any atom is 0.407 e. The van der Waals surface area contributed by atoms with Gasteiger partial charge in [-0.15, -0.1) is 11.3 Å². The van der Waals surface area contributed by atoms with Crippen LogP contribution in [0.1, 0.15) is 38.4 Å². The fourth-order valence-electron chi connectivity index (χ4n) is 1.49. The van der Waals surface area contributed by atoms with Crippen LogP contribution in [0.4, 0.5) is 4.79 Å². The number of carbonyl (C=O) groups excluding carboxylic acids is 1. The van der Waals surface area contributed by atoms with Gasteiger partial charge >= 0.3 is 6.09 Å². The molecule has 1 unspecified atom stereocenters. The molecule has 0 saturated heterocycles. The van der Waals surface area contributed by atoms with Gasteiger partial charge in [0.15, 0.2) is 0 Å². The van der Waals surface area contributed by atoms with Gasteiger partial charge in [-0.25, -0.2) is 9.78 Å². The van der Waals surface area contributed by atoms with Gasteiger partial charge in [-0.05, 0) is 27.7 Å². The zero-order valence-electron chi connectivity index (χ0n) is 12.2. The van der Waals surface area contributed by atoms with Crippen LogP contribution in [-0.4, -0.2) is 29.8 Å². The molecular weight excluding hydrogens is 262 g/mol. The van der Waals surface area contributed by atoms with Crippen molar-refractivity contribution in [1.82, 2.24) is 10.3 Å². The molecule has 1 amide bonds. The lowest BCUT2D eigenvalue weighted by molar-refractivity contribution is 0.0516. The Kier molecular flexibility index (Phi) is 4.92. The van der Waals surface area contributed by atoms with Crippen molar-refractivity contribution in [3.8, 4) is 0 Å². The van der Waals surface area contributed by atoms with Gasteiger partial charge in [0.2, 0.25) is 0 Å². The first-order valence-corrected chi connectivity index (χ1v) is 7.14. The Bertz CT molecular complexity index is 439. The van der Waals surface area contributed by atoms with E-state index in [1.54, 1.807) is 11.3 Å². The number of aryl methyl sites for hydroxylation is 1. The Labute approximate surface area is 118 Å². The Morgan fingerprint density at radius 1 is 1.47 bits per heavy atom. The van der Waals surface area contributed by atoms with Crippen molar-refractivity contribution in [2.45, 2.75) is 45.6 Å². The highest BCUT2D eigenvalue weighted by Gasteiger charge is 2.29. The molecular formula is C13H23N3O2S. The third-order valence-corrected chi connectivity index (χ3v) is 3.48. The first-order valence-electron chi connectivity index (χ1n) is 6.26. The molecule has 6 heteroatoms. The number of thiazole rings is 1. The predicted molar refractivity (Wildman–Crippen MR) is 77.5 cm³/mol. The van der Waals surface area contributed by atoms with Gasteiger partial charge in [-0.2, -0.15) is 0 Å². The fraction of sp³-hybridized carbons (Fsp3) is 0.692. The third-order valence-electron chi connectivity index (χ3n) is 2.71. The molecule has 1 heterocycles. The van der Waals surface area contributed by atoms with Crippen molar-refractivity contribution < 1.29 is 9.53 Å². The highest BCUT2D eigenvalue weighted by atomic mass is 32.1. The van der Waals surface area contributed by atoms with Crippen molar-refractivity contribution in [1.29, 1.82) is 0 Å². The molecule has 0 aromatic carbocycles. The normalized spacial score (nSPS) is 14.8. The number of alkyl carbamates (subject to hydrolysis) is 1. The van der Waals surface area contributed by atoms with E-state index in [1.807, 2.05) is 40.0 Å².